The first kappa shape index (κ1) is 7.00. The zero-order valence-corrected chi connectivity index (χ0v) is 7.48. The standard InChI is InChI=1S/C6H6N2OS2/c1-11(9)5-6-8(4-7-5)2-3-10-6/h2-4H,1H3. The summed E-state index contributed by atoms with van der Waals surface area (Å²) in [5.41, 5.74) is 0. The molecule has 2 heterocycles. The summed E-state index contributed by atoms with van der Waals surface area (Å²) in [5.74, 6) is 0. The van der Waals surface area contributed by atoms with Crippen molar-refractivity contribution in [1.29, 1.82) is 0 Å². The van der Waals surface area contributed by atoms with Crippen LogP contribution in [0, 0.1) is 0 Å². The van der Waals surface area contributed by atoms with Crippen LogP contribution >= 0.6 is 11.3 Å². The summed E-state index contributed by atoms with van der Waals surface area (Å²) in [6.07, 6.45) is 5.23. The van der Waals surface area contributed by atoms with E-state index in [1.165, 1.54) is 0 Å². The number of hydrogen-bond donors (Lipinski definition) is 0. The molecule has 2 aromatic rings. The topological polar surface area (TPSA) is 34.4 Å². The van der Waals surface area contributed by atoms with Crippen LogP contribution in [0.5, 0.6) is 0 Å². The summed E-state index contributed by atoms with van der Waals surface area (Å²) in [7, 11) is -0.972. The van der Waals surface area contributed by atoms with Crippen LogP contribution in [0.25, 0.3) is 4.83 Å². The number of nitrogens with zero attached hydrogens (tertiary/aromatic N) is 2. The van der Waals surface area contributed by atoms with E-state index < -0.39 is 10.8 Å². The van der Waals surface area contributed by atoms with Gasteiger partial charge < -0.3 is 0 Å². The average molecular weight is 186 g/mol. The molecular weight excluding hydrogens is 180 g/mol. The third kappa shape index (κ3) is 1.00. The van der Waals surface area contributed by atoms with Gasteiger partial charge in [0.15, 0.2) is 5.03 Å². The SMILES string of the molecule is CS(=O)c1ncn2ccsc12. The second-order valence-corrected chi connectivity index (χ2v) is 4.31. The van der Waals surface area contributed by atoms with Crippen LogP contribution in [0.3, 0.4) is 0 Å². The quantitative estimate of drug-likeness (QED) is 0.669. The molecule has 1 atom stereocenters. The van der Waals surface area contributed by atoms with E-state index in [1.54, 1.807) is 23.9 Å². The van der Waals surface area contributed by atoms with Gasteiger partial charge in [0.25, 0.3) is 0 Å². The highest BCUT2D eigenvalue weighted by Crippen LogP contribution is 2.17. The Balaban J connectivity index is 2.78. The van der Waals surface area contributed by atoms with E-state index in [1.807, 2.05) is 16.0 Å². The maximum atomic E-state index is 11.1. The van der Waals surface area contributed by atoms with Crippen molar-refractivity contribution in [3.05, 3.63) is 17.9 Å². The molecule has 0 aliphatic rings. The normalized spacial score (nSPS) is 13.9. The molecule has 0 bridgehead atoms. The number of imidazole rings is 1. The Bertz CT molecular complexity index is 403. The van der Waals surface area contributed by atoms with Crippen molar-refractivity contribution in [2.75, 3.05) is 6.26 Å². The third-order valence-electron chi connectivity index (χ3n) is 1.39. The molecule has 3 nitrogen and oxygen atoms in total. The Morgan fingerprint density at radius 3 is 3.27 bits per heavy atom. The molecule has 1 unspecified atom stereocenters. The molecule has 0 saturated heterocycles. The smallest absolute Gasteiger partial charge is 0.163 e. The molecule has 0 amide bonds. The summed E-state index contributed by atoms with van der Waals surface area (Å²) >= 11 is 1.56. The number of fused-ring (bicyclic) bond motifs is 1. The van der Waals surface area contributed by atoms with Crippen molar-refractivity contribution in [2.24, 2.45) is 0 Å². The number of thiazole rings is 1. The van der Waals surface area contributed by atoms with E-state index in [2.05, 4.69) is 4.98 Å². The Kier molecular flexibility index (Phi) is 1.54. The van der Waals surface area contributed by atoms with Crippen LogP contribution in [0.1, 0.15) is 0 Å². The fraction of sp³-hybridized carbons (Fsp3) is 0.167. The van der Waals surface area contributed by atoms with Crippen LogP contribution in [0.4, 0.5) is 0 Å². The van der Waals surface area contributed by atoms with Crippen LogP contribution in [0.15, 0.2) is 22.9 Å². The molecule has 11 heavy (non-hydrogen) atoms. The van der Waals surface area contributed by atoms with Gasteiger partial charge in [-0.15, -0.1) is 11.3 Å². The van der Waals surface area contributed by atoms with Gasteiger partial charge in [-0.3, -0.25) is 8.61 Å². The first-order valence-corrected chi connectivity index (χ1v) is 5.46. The molecule has 0 saturated carbocycles. The van der Waals surface area contributed by atoms with Gasteiger partial charge in [0.05, 0.1) is 10.8 Å². The highest BCUT2D eigenvalue weighted by atomic mass is 32.2. The molecule has 0 aliphatic heterocycles. The average Bonchev–Trinajstić information content (AvgIpc) is 2.41. The second-order valence-electron chi connectivity index (χ2n) is 2.12. The van der Waals surface area contributed by atoms with Crippen molar-refractivity contribution in [3.8, 4) is 0 Å². The van der Waals surface area contributed by atoms with Gasteiger partial charge in [0.2, 0.25) is 0 Å². The van der Waals surface area contributed by atoms with Gasteiger partial charge in [-0.2, -0.15) is 0 Å². The van der Waals surface area contributed by atoms with E-state index in [4.69, 9.17) is 0 Å². The molecule has 5 heteroatoms. The van der Waals surface area contributed by atoms with Crippen molar-refractivity contribution in [3.63, 3.8) is 0 Å². The van der Waals surface area contributed by atoms with Gasteiger partial charge in [0.1, 0.15) is 11.2 Å². The van der Waals surface area contributed by atoms with Crippen LogP contribution in [-0.4, -0.2) is 19.8 Å². The number of hydrogen-bond acceptors (Lipinski definition) is 3. The maximum absolute atomic E-state index is 11.1. The molecule has 2 aromatic heterocycles. The monoisotopic (exact) mass is 186 g/mol. The van der Waals surface area contributed by atoms with Gasteiger partial charge in [-0.25, -0.2) is 4.98 Å². The summed E-state index contributed by atoms with van der Waals surface area (Å²) in [6.45, 7) is 0. The Morgan fingerprint density at radius 2 is 2.55 bits per heavy atom. The molecule has 0 aliphatic carbocycles. The van der Waals surface area contributed by atoms with Crippen LogP contribution in [-0.2, 0) is 10.8 Å². The van der Waals surface area contributed by atoms with E-state index in [9.17, 15) is 4.21 Å². The van der Waals surface area contributed by atoms with E-state index >= 15 is 0 Å². The van der Waals surface area contributed by atoms with E-state index in [0.29, 0.717) is 5.03 Å². The van der Waals surface area contributed by atoms with E-state index in [-0.39, 0.29) is 0 Å². The highest BCUT2D eigenvalue weighted by Gasteiger charge is 2.07. The van der Waals surface area contributed by atoms with E-state index in [0.717, 1.165) is 4.83 Å². The van der Waals surface area contributed by atoms with Gasteiger partial charge in [-0.05, 0) is 0 Å². The lowest BCUT2D eigenvalue weighted by Gasteiger charge is -1.84. The van der Waals surface area contributed by atoms with Crippen LogP contribution < -0.4 is 0 Å². The molecule has 0 radical (unpaired) electrons. The lowest BCUT2D eigenvalue weighted by Crippen LogP contribution is -1.85. The molecule has 0 N–H and O–H groups in total. The highest BCUT2D eigenvalue weighted by molar-refractivity contribution is 7.84. The summed E-state index contributed by atoms with van der Waals surface area (Å²) in [5, 5.41) is 2.63. The third-order valence-corrected chi connectivity index (χ3v) is 3.25. The minimum Gasteiger partial charge on any atom is -0.296 e. The number of aromatic nitrogens is 2. The van der Waals surface area contributed by atoms with Crippen molar-refractivity contribution in [1.82, 2.24) is 9.38 Å². The summed E-state index contributed by atoms with van der Waals surface area (Å²) in [4.78, 5) is 5.01. The predicted molar refractivity (Wildman–Crippen MR) is 45.4 cm³/mol. The Morgan fingerprint density at radius 1 is 1.73 bits per heavy atom. The minimum absolute atomic E-state index is 0.681. The summed E-state index contributed by atoms with van der Waals surface area (Å²) < 4.78 is 12.9. The number of rotatable bonds is 1. The first-order valence-electron chi connectivity index (χ1n) is 3.02. The largest absolute Gasteiger partial charge is 0.296 e. The Hall–Kier alpha value is -0.680. The predicted octanol–water partition coefficient (Wildman–Crippen LogP) is 1.13. The van der Waals surface area contributed by atoms with Crippen molar-refractivity contribution in [2.45, 2.75) is 5.03 Å². The van der Waals surface area contributed by atoms with Crippen molar-refractivity contribution >= 4 is 27.0 Å². The van der Waals surface area contributed by atoms with Gasteiger partial charge >= 0.3 is 0 Å². The molecule has 0 spiro atoms. The lowest BCUT2D eigenvalue weighted by atomic mass is 10.9. The van der Waals surface area contributed by atoms with Gasteiger partial charge in [-0.1, -0.05) is 0 Å². The molecule has 0 fully saturated rings. The zero-order chi connectivity index (χ0) is 7.84. The maximum Gasteiger partial charge on any atom is 0.163 e. The molecular formula is C6H6N2OS2. The van der Waals surface area contributed by atoms with Gasteiger partial charge in [0, 0.05) is 17.8 Å². The molecule has 0 aromatic carbocycles. The minimum atomic E-state index is -0.972. The molecule has 2 rings (SSSR count). The van der Waals surface area contributed by atoms with Crippen molar-refractivity contribution < 1.29 is 4.21 Å². The lowest BCUT2D eigenvalue weighted by molar-refractivity contribution is 0.685. The zero-order valence-electron chi connectivity index (χ0n) is 5.85. The second kappa shape index (κ2) is 2.42. The summed E-state index contributed by atoms with van der Waals surface area (Å²) in [6, 6.07) is 0. The fourth-order valence-electron chi connectivity index (χ4n) is 0.908. The van der Waals surface area contributed by atoms with Crippen LogP contribution in [0.2, 0.25) is 0 Å². The Labute approximate surface area is 70.1 Å². The first-order chi connectivity index (χ1) is 5.29. The fourth-order valence-corrected chi connectivity index (χ4v) is 2.66. The molecule has 58 valence electrons.